The van der Waals surface area contributed by atoms with Crippen LogP contribution in [-0.4, -0.2) is 39.6 Å². The molecule has 3 N–H and O–H groups in total. The van der Waals surface area contributed by atoms with Crippen LogP contribution in [0.1, 0.15) is 22.6 Å². The van der Waals surface area contributed by atoms with Gasteiger partial charge in [0.05, 0.1) is 0 Å². The molecule has 0 fully saturated rings. The summed E-state index contributed by atoms with van der Waals surface area (Å²) >= 11 is 0. The van der Waals surface area contributed by atoms with Crippen molar-refractivity contribution in [3.05, 3.63) is 41.7 Å². The molecule has 0 saturated heterocycles. The summed E-state index contributed by atoms with van der Waals surface area (Å²) in [6.07, 6.45) is 1.84. The molecule has 1 amide bonds. The van der Waals surface area contributed by atoms with E-state index in [9.17, 15) is 4.79 Å². The third-order valence-electron chi connectivity index (χ3n) is 2.85. The average molecular weight is 259 g/mol. The highest BCUT2D eigenvalue weighted by Crippen LogP contribution is 2.04. The predicted octanol–water partition coefficient (Wildman–Crippen LogP) is 1.09. The van der Waals surface area contributed by atoms with Crippen LogP contribution in [0.2, 0.25) is 0 Å². The maximum Gasteiger partial charge on any atom is 0.290 e. The first-order chi connectivity index (χ1) is 9.16. The molecular formula is C13H17N5O. The Morgan fingerprint density at radius 3 is 2.74 bits per heavy atom. The molecule has 1 aromatic carbocycles. The zero-order valence-electron chi connectivity index (χ0n) is 10.8. The quantitative estimate of drug-likeness (QED) is 0.841. The van der Waals surface area contributed by atoms with Crippen molar-refractivity contribution in [3.63, 3.8) is 0 Å². The van der Waals surface area contributed by atoms with Gasteiger partial charge >= 0.3 is 0 Å². The summed E-state index contributed by atoms with van der Waals surface area (Å²) in [5, 5.41) is 6.16. The third kappa shape index (κ3) is 3.54. The van der Waals surface area contributed by atoms with Gasteiger partial charge in [0.2, 0.25) is 11.8 Å². The SMILES string of the molecule is CN(CCCc1ccccc1)C(=O)c1nc(N)n[nH]1. The molecule has 0 bridgehead atoms. The Morgan fingerprint density at radius 1 is 1.37 bits per heavy atom. The van der Waals surface area contributed by atoms with Crippen LogP contribution in [0.25, 0.3) is 0 Å². The lowest BCUT2D eigenvalue weighted by Crippen LogP contribution is -2.29. The van der Waals surface area contributed by atoms with Crippen LogP contribution in [0.5, 0.6) is 0 Å². The lowest BCUT2D eigenvalue weighted by atomic mass is 10.1. The van der Waals surface area contributed by atoms with Crippen molar-refractivity contribution in [3.8, 4) is 0 Å². The number of H-pyrrole nitrogens is 1. The number of aromatic nitrogens is 3. The molecule has 0 unspecified atom stereocenters. The molecular weight excluding hydrogens is 242 g/mol. The second-order valence-corrected chi connectivity index (χ2v) is 4.36. The number of amides is 1. The summed E-state index contributed by atoms with van der Waals surface area (Å²) in [7, 11) is 1.74. The van der Waals surface area contributed by atoms with Crippen molar-refractivity contribution in [2.24, 2.45) is 0 Å². The number of carbonyl (C=O) groups is 1. The molecule has 1 heterocycles. The van der Waals surface area contributed by atoms with E-state index in [1.165, 1.54) is 5.56 Å². The lowest BCUT2D eigenvalue weighted by molar-refractivity contribution is 0.0782. The summed E-state index contributed by atoms with van der Waals surface area (Å²) in [6, 6.07) is 10.2. The number of aryl methyl sites for hydroxylation is 1. The molecule has 2 aromatic rings. The van der Waals surface area contributed by atoms with Gasteiger partial charge in [-0.2, -0.15) is 4.98 Å². The minimum absolute atomic E-state index is 0.0843. The van der Waals surface area contributed by atoms with E-state index in [1.807, 2.05) is 18.2 Å². The summed E-state index contributed by atoms with van der Waals surface area (Å²) in [6.45, 7) is 0.661. The minimum atomic E-state index is -0.197. The van der Waals surface area contributed by atoms with E-state index < -0.39 is 0 Å². The fraction of sp³-hybridized carbons (Fsp3) is 0.308. The van der Waals surface area contributed by atoms with Gasteiger partial charge in [-0.15, -0.1) is 5.10 Å². The summed E-state index contributed by atoms with van der Waals surface area (Å²) in [4.78, 5) is 17.4. The maximum absolute atomic E-state index is 11.9. The first-order valence-electron chi connectivity index (χ1n) is 6.14. The van der Waals surface area contributed by atoms with Gasteiger partial charge in [-0.05, 0) is 18.4 Å². The Bertz CT molecular complexity index is 537. The highest BCUT2D eigenvalue weighted by molar-refractivity contribution is 5.90. The summed E-state index contributed by atoms with van der Waals surface area (Å²) in [5.41, 5.74) is 6.64. The van der Waals surface area contributed by atoms with Crippen molar-refractivity contribution < 1.29 is 4.79 Å². The van der Waals surface area contributed by atoms with E-state index in [1.54, 1.807) is 11.9 Å². The topological polar surface area (TPSA) is 87.9 Å². The monoisotopic (exact) mass is 259 g/mol. The number of carbonyl (C=O) groups excluding carboxylic acids is 1. The Morgan fingerprint density at radius 2 is 2.11 bits per heavy atom. The van der Waals surface area contributed by atoms with E-state index in [2.05, 4.69) is 27.3 Å². The van der Waals surface area contributed by atoms with Gasteiger partial charge < -0.3 is 10.6 Å². The minimum Gasteiger partial charge on any atom is -0.366 e. The average Bonchev–Trinajstić information content (AvgIpc) is 2.85. The van der Waals surface area contributed by atoms with Crippen molar-refractivity contribution >= 4 is 11.9 Å². The van der Waals surface area contributed by atoms with E-state index in [-0.39, 0.29) is 17.7 Å². The molecule has 100 valence electrons. The molecule has 0 spiro atoms. The molecule has 0 aliphatic carbocycles. The fourth-order valence-electron chi connectivity index (χ4n) is 1.82. The second kappa shape index (κ2) is 5.99. The Hall–Kier alpha value is -2.37. The van der Waals surface area contributed by atoms with Gasteiger partial charge in [-0.25, -0.2) is 0 Å². The number of benzene rings is 1. The number of aromatic amines is 1. The van der Waals surface area contributed by atoms with Crippen molar-refractivity contribution in [1.82, 2.24) is 20.1 Å². The first-order valence-corrected chi connectivity index (χ1v) is 6.14. The van der Waals surface area contributed by atoms with Crippen LogP contribution in [0.15, 0.2) is 30.3 Å². The van der Waals surface area contributed by atoms with Gasteiger partial charge in [-0.3, -0.25) is 9.89 Å². The van der Waals surface area contributed by atoms with E-state index in [4.69, 9.17) is 5.73 Å². The number of nitrogen functional groups attached to an aromatic ring is 1. The number of hydrogen-bond acceptors (Lipinski definition) is 4. The number of nitrogens with one attached hydrogen (secondary N) is 1. The van der Waals surface area contributed by atoms with Crippen LogP contribution >= 0.6 is 0 Å². The van der Waals surface area contributed by atoms with Gasteiger partial charge in [-0.1, -0.05) is 30.3 Å². The molecule has 0 radical (unpaired) electrons. The van der Waals surface area contributed by atoms with E-state index in [0.717, 1.165) is 12.8 Å². The molecule has 0 aliphatic heterocycles. The highest BCUT2D eigenvalue weighted by Gasteiger charge is 2.15. The van der Waals surface area contributed by atoms with Crippen molar-refractivity contribution in [2.45, 2.75) is 12.8 Å². The lowest BCUT2D eigenvalue weighted by Gasteiger charge is -2.15. The van der Waals surface area contributed by atoms with E-state index in [0.29, 0.717) is 6.54 Å². The number of nitrogens with two attached hydrogens (primary N) is 1. The largest absolute Gasteiger partial charge is 0.366 e. The normalized spacial score (nSPS) is 10.4. The molecule has 1 aromatic heterocycles. The molecule has 19 heavy (non-hydrogen) atoms. The molecule has 0 saturated carbocycles. The third-order valence-corrected chi connectivity index (χ3v) is 2.85. The summed E-state index contributed by atoms with van der Waals surface area (Å²) < 4.78 is 0. The maximum atomic E-state index is 11.9. The van der Waals surface area contributed by atoms with Crippen LogP contribution in [-0.2, 0) is 6.42 Å². The van der Waals surface area contributed by atoms with Crippen LogP contribution < -0.4 is 5.73 Å². The van der Waals surface area contributed by atoms with Crippen LogP contribution in [0.3, 0.4) is 0 Å². The Kier molecular flexibility index (Phi) is 4.12. The molecule has 6 heteroatoms. The Balaban J connectivity index is 1.81. The van der Waals surface area contributed by atoms with Crippen molar-refractivity contribution in [2.75, 3.05) is 19.3 Å². The van der Waals surface area contributed by atoms with Gasteiger partial charge in [0.25, 0.3) is 5.91 Å². The number of nitrogens with zero attached hydrogens (tertiary/aromatic N) is 3. The molecule has 0 atom stereocenters. The standard InChI is InChI=1S/C13H17N5O/c1-18(12(19)11-15-13(14)17-16-11)9-5-8-10-6-3-2-4-7-10/h2-4,6-7H,5,8-9H2,1H3,(H3,14,15,16,17). The molecule has 0 aliphatic rings. The van der Waals surface area contributed by atoms with Gasteiger partial charge in [0, 0.05) is 13.6 Å². The number of rotatable bonds is 5. The zero-order chi connectivity index (χ0) is 13.7. The first kappa shape index (κ1) is 13.1. The second-order valence-electron chi connectivity index (χ2n) is 4.36. The smallest absolute Gasteiger partial charge is 0.290 e. The zero-order valence-corrected chi connectivity index (χ0v) is 10.8. The summed E-state index contributed by atoms with van der Waals surface area (Å²) in [5.74, 6) is 0.0676. The fourth-order valence-corrected chi connectivity index (χ4v) is 1.82. The number of anilines is 1. The molecule has 6 nitrogen and oxygen atoms in total. The van der Waals surface area contributed by atoms with E-state index >= 15 is 0 Å². The van der Waals surface area contributed by atoms with Gasteiger partial charge in [0.15, 0.2) is 0 Å². The van der Waals surface area contributed by atoms with Gasteiger partial charge in [0.1, 0.15) is 0 Å². The Labute approximate surface area is 111 Å². The predicted molar refractivity (Wildman–Crippen MR) is 72.5 cm³/mol. The van der Waals surface area contributed by atoms with Crippen LogP contribution in [0.4, 0.5) is 5.95 Å². The molecule has 2 rings (SSSR count). The van der Waals surface area contributed by atoms with Crippen molar-refractivity contribution in [1.29, 1.82) is 0 Å². The number of hydrogen-bond donors (Lipinski definition) is 2. The highest BCUT2D eigenvalue weighted by atomic mass is 16.2. The van der Waals surface area contributed by atoms with Crippen LogP contribution in [0, 0.1) is 0 Å².